The third-order valence-electron chi connectivity index (χ3n) is 2.63. The Morgan fingerprint density at radius 2 is 2.26 bits per heavy atom. The summed E-state index contributed by atoms with van der Waals surface area (Å²) in [4.78, 5) is 4.05. The van der Waals surface area contributed by atoms with E-state index >= 15 is 0 Å². The van der Waals surface area contributed by atoms with Crippen molar-refractivity contribution in [2.24, 2.45) is 0 Å². The van der Waals surface area contributed by atoms with Crippen LogP contribution in [0.4, 0.5) is 13.2 Å². The number of hydrogen-bond donors (Lipinski definition) is 2. The molecule has 0 aromatic carbocycles. The zero-order valence-electron chi connectivity index (χ0n) is 9.98. The number of nitrogens with zero attached hydrogens (tertiary/aromatic N) is 2. The van der Waals surface area contributed by atoms with Crippen LogP contribution < -0.4 is 5.32 Å². The van der Waals surface area contributed by atoms with Gasteiger partial charge in [0, 0.05) is 13.0 Å². The Labute approximate surface area is 106 Å². The number of aliphatic hydroxyl groups is 1. The lowest BCUT2D eigenvalue weighted by molar-refractivity contribution is -0.173. The molecule has 2 atom stereocenters. The zero-order chi connectivity index (χ0) is 13.9. The van der Waals surface area contributed by atoms with Gasteiger partial charge < -0.3 is 19.7 Å². The van der Waals surface area contributed by atoms with Gasteiger partial charge in [-0.1, -0.05) is 5.16 Å². The fourth-order valence-electron chi connectivity index (χ4n) is 1.77. The molecule has 0 radical (unpaired) electrons. The topological polar surface area (TPSA) is 80.4 Å². The fourth-order valence-corrected chi connectivity index (χ4v) is 1.77. The van der Waals surface area contributed by atoms with Crippen molar-refractivity contribution in [3.8, 4) is 0 Å². The first-order valence-electron chi connectivity index (χ1n) is 5.82. The zero-order valence-corrected chi connectivity index (χ0v) is 9.98. The summed E-state index contributed by atoms with van der Waals surface area (Å²) in [5.41, 5.74) is 0. The van der Waals surface area contributed by atoms with Crippen molar-refractivity contribution in [2.75, 3.05) is 19.8 Å². The monoisotopic (exact) mass is 281 g/mol. The summed E-state index contributed by atoms with van der Waals surface area (Å²) in [6.07, 6.45) is -4.15. The number of aromatic nitrogens is 2. The van der Waals surface area contributed by atoms with Crippen molar-refractivity contribution in [2.45, 2.75) is 31.2 Å². The van der Waals surface area contributed by atoms with Crippen LogP contribution >= 0.6 is 0 Å². The third-order valence-corrected chi connectivity index (χ3v) is 2.63. The van der Waals surface area contributed by atoms with Crippen LogP contribution in [0.15, 0.2) is 4.52 Å². The molecule has 1 aliphatic heterocycles. The lowest BCUT2D eigenvalue weighted by Crippen LogP contribution is -2.18. The number of nitrogens with one attached hydrogen (secondary N) is 1. The maximum Gasteiger partial charge on any atom is 0.411 e. The van der Waals surface area contributed by atoms with Crippen molar-refractivity contribution < 1.29 is 27.5 Å². The predicted molar refractivity (Wildman–Crippen MR) is 56.2 cm³/mol. The standard InChI is InChI=1S/C10H14F3N3O3/c11-10(12,13)5-18-2-1-8-15-9(19-16-8)7-3-6(17)4-14-7/h6-7,14,17H,1-5H2. The Bertz CT molecular complexity index is 410. The molecule has 0 bridgehead atoms. The van der Waals surface area contributed by atoms with Gasteiger partial charge in [-0.25, -0.2) is 0 Å². The van der Waals surface area contributed by atoms with Crippen LogP contribution in [0, 0.1) is 0 Å². The predicted octanol–water partition coefficient (Wildman–Crippen LogP) is 0.586. The molecule has 1 aromatic heterocycles. The van der Waals surface area contributed by atoms with E-state index in [2.05, 4.69) is 20.2 Å². The molecule has 2 N–H and O–H groups in total. The maximum absolute atomic E-state index is 11.8. The Morgan fingerprint density at radius 1 is 1.47 bits per heavy atom. The number of hydrogen-bond acceptors (Lipinski definition) is 6. The molecule has 1 fully saturated rings. The average molecular weight is 281 g/mol. The van der Waals surface area contributed by atoms with Gasteiger partial charge >= 0.3 is 6.18 Å². The highest BCUT2D eigenvalue weighted by Gasteiger charge is 2.29. The van der Waals surface area contributed by atoms with E-state index in [-0.39, 0.29) is 19.1 Å². The second kappa shape index (κ2) is 5.85. The average Bonchev–Trinajstić information content (AvgIpc) is 2.92. The van der Waals surface area contributed by atoms with Gasteiger partial charge in [-0.05, 0) is 6.42 Å². The number of halogens is 3. The van der Waals surface area contributed by atoms with Gasteiger partial charge in [0.2, 0.25) is 5.89 Å². The second-order valence-corrected chi connectivity index (χ2v) is 4.32. The smallest absolute Gasteiger partial charge is 0.392 e. The minimum atomic E-state index is -4.33. The molecular weight excluding hydrogens is 267 g/mol. The first kappa shape index (κ1) is 14.2. The van der Waals surface area contributed by atoms with Crippen LogP contribution in [0.1, 0.15) is 24.2 Å². The fraction of sp³-hybridized carbons (Fsp3) is 0.800. The van der Waals surface area contributed by atoms with E-state index in [1.807, 2.05) is 0 Å². The number of rotatable bonds is 5. The number of alkyl halides is 3. The van der Waals surface area contributed by atoms with E-state index in [0.717, 1.165) is 0 Å². The van der Waals surface area contributed by atoms with Crippen LogP contribution in [0.5, 0.6) is 0 Å². The van der Waals surface area contributed by atoms with Crippen molar-refractivity contribution in [1.29, 1.82) is 0 Å². The number of ether oxygens (including phenoxy) is 1. The van der Waals surface area contributed by atoms with Gasteiger partial charge in [-0.15, -0.1) is 0 Å². The molecule has 1 saturated heterocycles. The van der Waals surface area contributed by atoms with Crippen LogP contribution in [0.3, 0.4) is 0 Å². The first-order valence-corrected chi connectivity index (χ1v) is 5.82. The summed E-state index contributed by atoms with van der Waals surface area (Å²) in [5.74, 6) is 0.628. The van der Waals surface area contributed by atoms with E-state index in [1.165, 1.54) is 0 Å². The van der Waals surface area contributed by atoms with Crippen LogP contribution in [0.25, 0.3) is 0 Å². The molecule has 1 aliphatic rings. The molecular formula is C10H14F3N3O3. The molecule has 2 rings (SSSR count). The lowest BCUT2D eigenvalue weighted by atomic mass is 10.2. The normalized spacial score (nSPS) is 24.0. The SMILES string of the molecule is OC1CNC(c2nc(CCOCC(F)(F)F)no2)C1. The van der Waals surface area contributed by atoms with Crippen molar-refractivity contribution in [3.63, 3.8) is 0 Å². The van der Waals surface area contributed by atoms with E-state index in [9.17, 15) is 18.3 Å². The van der Waals surface area contributed by atoms with Gasteiger partial charge in [-0.3, -0.25) is 0 Å². The minimum Gasteiger partial charge on any atom is -0.392 e. The van der Waals surface area contributed by atoms with Gasteiger partial charge in [0.15, 0.2) is 5.82 Å². The lowest BCUT2D eigenvalue weighted by Gasteiger charge is -2.05. The largest absolute Gasteiger partial charge is 0.411 e. The summed E-state index contributed by atoms with van der Waals surface area (Å²) in [6, 6.07) is -0.202. The van der Waals surface area contributed by atoms with Crippen LogP contribution in [0.2, 0.25) is 0 Å². The molecule has 108 valence electrons. The van der Waals surface area contributed by atoms with Crippen LogP contribution in [-0.4, -0.2) is 47.3 Å². The van der Waals surface area contributed by atoms with E-state index in [4.69, 9.17) is 4.52 Å². The minimum absolute atomic E-state index is 0.126. The van der Waals surface area contributed by atoms with Crippen molar-refractivity contribution in [3.05, 3.63) is 11.7 Å². The van der Waals surface area contributed by atoms with Gasteiger partial charge in [-0.2, -0.15) is 18.2 Å². The highest BCUT2D eigenvalue weighted by Crippen LogP contribution is 2.21. The summed E-state index contributed by atoms with van der Waals surface area (Å²) in [5, 5.41) is 16.0. The highest BCUT2D eigenvalue weighted by molar-refractivity contribution is 4.97. The van der Waals surface area contributed by atoms with Crippen molar-refractivity contribution >= 4 is 0 Å². The summed E-state index contributed by atoms with van der Waals surface area (Å²) in [7, 11) is 0. The molecule has 9 heteroatoms. The first-order chi connectivity index (χ1) is 8.94. The van der Waals surface area contributed by atoms with E-state index in [1.54, 1.807) is 0 Å². The molecule has 6 nitrogen and oxygen atoms in total. The Morgan fingerprint density at radius 3 is 2.89 bits per heavy atom. The van der Waals surface area contributed by atoms with Gasteiger partial charge in [0.25, 0.3) is 0 Å². The van der Waals surface area contributed by atoms with E-state index in [0.29, 0.717) is 24.7 Å². The molecule has 0 saturated carbocycles. The molecule has 0 spiro atoms. The Hall–Kier alpha value is -1.19. The summed E-state index contributed by atoms with van der Waals surface area (Å²) < 4.78 is 44.9. The third kappa shape index (κ3) is 4.44. The van der Waals surface area contributed by atoms with Crippen LogP contribution in [-0.2, 0) is 11.2 Å². The van der Waals surface area contributed by atoms with Crippen molar-refractivity contribution in [1.82, 2.24) is 15.5 Å². The number of β-amino-alcohol motifs (C(OH)–C–C–N with tert-alkyl or cyclic N) is 1. The Kier molecular flexibility index (Phi) is 4.38. The number of aliphatic hydroxyl groups excluding tert-OH is 1. The Balaban J connectivity index is 1.75. The molecule has 19 heavy (non-hydrogen) atoms. The summed E-state index contributed by atoms with van der Waals surface area (Å²) >= 11 is 0. The molecule has 1 aromatic rings. The van der Waals surface area contributed by atoms with E-state index < -0.39 is 18.9 Å². The quantitative estimate of drug-likeness (QED) is 0.769. The maximum atomic E-state index is 11.8. The highest BCUT2D eigenvalue weighted by atomic mass is 19.4. The molecule has 0 amide bonds. The van der Waals surface area contributed by atoms with Gasteiger partial charge in [0.05, 0.1) is 18.8 Å². The molecule has 2 unspecified atom stereocenters. The molecule has 2 heterocycles. The summed E-state index contributed by atoms with van der Waals surface area (Å²) in [6.45, 7) is -0.954. The van der Waals surface area contributed by atoms with Gasteiger partial charge in [0.1, 0.15) is 6.61 Å². The molecule has 0 aliphatic carbocycles. The second-order valence-electron chi connectivity index (χ2n) is 4.32.